The highest BCUT2D eigenvalue weighted by Gasteiger charge is 2.34. The van der Waals surface area contributed by atoms with Gasteiger partial charge in [-0.15, -0.1) is 0 Å². The number of amides is 5. The Morgan fingerprint density at radius 2 is 1.49 bits per heavy atom. The SMILES string of the molecule is CCCCCCCCCCCCCCCC(=O)N(CCCC[C@H](NC(=O)[C@@H]1COC(c2ccc(NC(=O)OC(C)(C)C)cc2OC(C)=O)=N1)C(=O)O[C@H](C)CC(=O)N[C@H]1CCCCN(OC(C)=O)C1=O)OC(C)=O. The lowest BCUT2D eigenvalue weighted by Crippen LogP contribution is -2.49. The van der Waals surface area contributed by atoms with Crippen molar-refractivity contribution in [3.63, 3.8) is 0 Å². The number of esters is 2. The van der Waals surface area contributed by atoms with Crippen LogP contribution in [0.25, 0.3) is 0 Å². The summed E-state index contributed by atoms with van der Waals surface area (Å²) in [6.07, 6.45) is 15.1. The number of carbonyl (C=O) groups is 9. The van der Waals surface area contributed by atoms with E-state index in [9.17, 15) is 43.2 Å². The number of unbranched alkanes of at least 4 members (excludes halogenated alkanes) is 13. The Morgan fingerprint density at radius 1 is 0.838 bits per heavy atom. The summed E-state index contributed by atoms with van der Waals surface area (Å²) in [4.78, 5) is 130. The van der Waals surface area contributed by atoms with E-state index in [2.05, 4.69) is 27.9 Å². The average Bonchev–Trinajstić information content (AvgIpc) is 3.74. The molecule has 2 aliphatic rings. The fourth-order valence-corrected chi connectivity index (χ4v) is 8.24. The third kappa shape index (κ3) is 24.6. The number of carbonyl (C=O) groups excluding carboxylic acids is 9. The topological polar surface area (TPSA) is 264 Å². The fraction of sp³-hybridized carbons (Fsp3) is 0.698. The molecule has 2 aliphatic heterocycles. The second-order valence-corrected chi connectivity index (χ2v) is 19.9. The highest BCUT2D eigenvalue weighted by atomic mass is 16.7. The molecule has 21 nitrogen and oxygen atoms in total. The monoisotopic (exact) mass is 1040 g/mol. The van der Waals surface area contributed by atoms with Gasteiger partial charge in [-0.1, -0.05) is 84.0 Å². The van der Waals surface area contributed by atoms with Crippen LogP contribution < -0.4 is 20.7 Å². The smallest absolute Gasteiger partial charge is 0.412 e. The first kappa shape index (κ1) is 62.0. The summed E-state index contributed by atoms with van der Waals surface area (Å²) >= 11 is 0. The maximum absolute atomic E-state index is 13.9. The third-order valence-corrected chi connectivity index (χ3v) is 11.8. The molecule has 0 radical (unpaired) electrons. The van der Waals surface area contributed by atoms with Crippen molar-refractivity contribution in [2.24, 2.45) is 4.99 Å². The van der Waals surface area contributed by atoms with Crippen molar-refractivity contribution in [3.05, 3.63) is 23.8 Å². The van der Waals surface area contributed by atoms with Gasteiger partial charge in [0.1, 0.15) is 36.1 Å². The minimum atomic E-state index is -1.29. The van der Waals surface area contributed by atoms with Crippen LogP contribution in [0.1, 0.15) is 196 Å². The van der Waals surface area contributed by atoms with Gasteiger partial charge in [0.25, 0.3) is 11.8 Å². The molecule has 0 aliphatic carbocycles. The summed E-state index contributed by atoms with van der Waals surface area (Å²) in [7, 11) is 0. The molecule has 1 aromatic rings. The Hall–Kier alpha value is -6.28. The largest absolute Gasteiger partial charge is 0.475 e. The van der Waals surface area contributed by atoms with Gasteiger partial charge in [-0.05, 0) is 84.8 Å². The first-order chi connectivity index (χ1) is 35.1. The third-order valence-electron chi connectivity index (χ3n) is 11.8. The maximum Gasteiger partial charge on any atom is 0.412 e. The van der Waals surface area contributed by atoms with Crippen LogP contribution in [-0.4, -0.2) is 119 Å². The first-order valence-electron chi connectivity index (χ1n) is 26.5. The van der Waals surface area contributed by atoms with Gasteiger partial charge in [0.05, 0.1) is 25.1 Å². The van der Waals surface area contributed by atoms with Gasteiger partial charge >= 0.3 is 30.0 Å². The molecule has 4 atom stereocenters. The molecule has 1 aromatic carbocycles. The second-order valence-electron chi connectivity index (χ2n) is 19.9. The molecule has 3 rings (SSSR count). The summed E-state index contributed by atoms with van der Waals surface area (Å²) in [6, 6.07) is 0.914. The second kappa shape index (κ2) is 32.8. The van der Waals surface area contributed by atoms with E-state index in [1.807, 2.05) is 0 Å². The zero-order valence-electron chi connectivity index (χ0n) is 45.0. The van der Waals surface area contributed by atoms with E-state index in [1.165, 1.54) is 104 Å². The number of rotatable bonds is 30. The number of anilines is 1. The van der Waals surface area contributed by atoms with Crippen molar-refractivity contribution >= 4 is 65.2 Å². The molecule has 0 aromatic heterocycles. The summed E-state index contributed by atoms with van der Waals surface area (Å²) in [5.41, 5.74) is -0.347. The van der Waals surface area contributed by atoms with E-state index in [0.717, 1.165) is 29.4 Å². The van der Waals surface area contributed by atoms with Crippen molar-refractivity contribution < 1.29 is 71.8 Å². The van der Waals surface area contributed by atoms with E-state index in [0.29, 0.717) is 25.7 Å². The Bertz CT molecular complexity index is 2070. The number of hydrogen-bond acceptors (Lipinski definition) is 16. The molecule has 74 heavy (non-hydrogen) atoms. The van der Waals surface area contributed by atoms with Crippen LogP contribution in [0, 0.1) is 0 Å². The van der Waals surface area contributed by atoms with Crippen molar-refractivity contribution in [3.8, 4) is 5.75 Å². The number of hydrogen-bond donors (Lipinski definition) is 3. The van der Waals surface area contributed by atoms with Crippen LogP contribution in [0.3, 0.4) is 0 Å². The van der Waals surface area contributed by atoms with E-state index in [4.69, 9.17) is 28.6 Å². The lowest BCUT2D eigenvalue weighted by molar-refractivity contribution is -0.196. The minimum absolute atomic E-state index is 0.000132. The van der Waals surface area contributed by atoms with E-state index >= 15 is 0 Å². The molecule has 0 spiro atoms. The Morgan fingerprint density at radius 3 is 2.09 bits per heavy atom. The summed E-state index contributed by atoms with van der Waals surface area (Å²) in [6.45, 7) is 12.3. The maximum atomic E-state index is 13.9. The minimum Gasteiger partial charge on any atom is -0.475 e. The quantitative estimate of drug-likeness (QED) is 0.0287. The molecule has 1 fully saturated rings. The van der Waals surface area contributed by atoms with Crippen LogP contribution in [0.4, 0.5) is 10.5 Å². The summed E-state index contributed by atoms with van der Waals surface area (Å²) < 4.78 is 22.2. The normalized spacial score (nSPS) is 16.3. The highest BCUT2D eigenvalue weighted by molar-refractivity contribution is 6.02. The zero-order chi connectivity index (χ0) is 54.6. The van der Waals surface area contributed by atoms with Crippen molar-refractivity contribution in [1.82, 2.24) is 20.8 Å². The molecular formula is C53H82N6O15. The Balaban J connectivity index is 1.68. The molecule has 21 heteroatoms. The van der Waals surface area contributed by atoms with Gasteiger partial charge in [-0.3, -0.25) is 38.9 Å². The number of nitrogens with zero attached hydrogens (tertiary/aromatic N) is 3. The van der Waals surface area contributed by atoms with E-state index in [1.54, 1.807) is 20.8 Å². The molecule has 414 valence electrons. The lowest BCUT2D eigenvalue weighted by Gasteiger charge is -2.24. The number of nitrogens with one attached hydrogen (secondary N) is 3. The van der Waals surface area contributed by atoms with Gasteiger partial charge in [0.2, 0.25) is 17.7 Å². The predicted octanol–water partition coefficient (Wildman–Crippen LogP) is 7.84. The van der Waals surface area contributed by atoms with Crippen LogP contribution in [-0.2, 0) is 62.2 Å². The zero-order valence-corrected chi connectivity index (χ0v) is 45.0. The fourth-order valence-electron chi connectivity index (χ4n) is 8.24. The average molecular weight is 1040 g/mol. The van der Waals surface area contributed by atoms with E-state index < -0.39 is 77.5 Å². The van der Waals surface area contributed by atoms with Crippen LogP contribution in [0.5, 0.6) is 5.75 Å². The highest BCUT2D eigenvalue weighted by Crippen LogP contribution is 2.28. The van der Waals surface area contributed by atoms with Crippen LogP contribution >= 0.6 is 0 Å². The molecule has 0 bridgehead atoms. The molecule has 5 amide bonds. The predicted molar refractivity (Wildman–Crippen MR) is 273 cm³/mol. The van der Waals surface area contributed by atoms with Gasteiger partial charge in [-0.25, -0.2) is 14.6 Å². The Labute approximate surface area is 436 Å². The lowest BCUT2D eigenvalue weighted by atomic mass is 10.0. The standard InChI is InChI=1S/C53H82N6O15/c1-9-10-11-12-13-14-15-16-17-18-19-20-21-28-47(64)58(73-38(4)61)31-24-23-27-43(51(67)70-36(2)33-46(63)55-42-26-22-25-32-59(50(42)66)74-39(5)62)56-48(65)44-35-69-49(57-44)41-30-29-40(34-45(41)71-37(3)60)54-52(68)72-53(6,7)8/h29-30,34,36,42-44H,9-28,31-33,35H2,1-8H3,(H,54,68)(H,55,63)(H,56,65)/t36-,42+,43+,44+/m1/s1. The number of benzene rings is 1. The first-order valence-corrected chi connectivity index (χ1v) is 26.5. The summed E-state index contributed by atoms with van der Waals surface area (Å²) in [5.74, 6) is -5.22. The molecule has 3 N–H and O–H groups in total. The Kier molecular flexibility index (Phi) is 27.5. The van der Waals surface area contributed by atoms with E-state index in [-0.39, 0.29) is 80.6 Å². The molecule has 0 saturated carbocycles. The van der Waals surface area contributed by atoms with Crippen molar-refractivity contribution in [1.29, 1.82) is 0 Å². The van der Waals surface area contributed by atoms with Crippen molar-refractivity contribution in [2.75, 3.05) is 25.0 Å². The number of ether oxygens (including phenoxy) is 4. The van der Waals surface area contributed by atoms with Crippen LogP contribution in [0.15, 0.2) is 23.2 Å². The van der Waals surface area contributed by atoms with Gasteiger partial charge < -0.3 is 39.3 Å². The molecule has 2 heterocycles. The molecular weight excluding hydrogens is 961 g/mol. The molecule has 1 saturated heterocycles. The number of hydroxylamine groups is 4. The van der Waals surface area contributed by atoms with Gasteiger partial charge in [0.15, 0.2) is 6.04 Å². The van der Waals surface area contributed by atoms with Crippen LogP contribution in [0.2, 0.25) is 0 Å². The van der Waals surface area contributed by atoms with Crippen molar-refractivity contribution in [2.45, 2.75) is 220 Å². The summed E-state index contributed by atoms with van der Waals surface area (Å²) in [5, 5.41) is 9.88. The van der Waals surface area contributed by atoms with Gasteiger partial charge in [0, 0.05) is 38.9 Å². The number of aliphatic imine (C=N–C) groups is 1. The van der Waals surface area contributed by atoms with Gasteiger partial charge in [-0.2, -0.15) is 10.1 Å². The molecule has 0 unspecified atom stereocenters.